The SMILES string of the molecule is CCC1CCCN(CCC(=O)c2cccc(Cl)c2Cl)CC1. The number of ketones is 1. The predicted octanol–water partition coefficient (Wildman–Crippen LogP) is 5.08. The van der Waals surface area contributed by atoms with Gasteiger partial charge in [-0.05, 0) is 50.4 Å². The van der Waals surface area contributed by atoms with Crippen molar-refractivity contribution in [2.24, 2.45) is 5.92 Å². The van der Waals surface area contributed by atoms with Gasteiger partial charge >= 0.3 is 0 Å². The average molecular weight is 328 g/mol. The molecule has 0 spiro atoms. The zero-order valence-corrected chi connectivity index (χ0v) is 14.1. The highest BCUT2D eigenvalue weighted by Crippen LogP contribution is 2.26. The number of rotatable bonds is 5. The zero-order valence-electron chi connectivity index (χ0n) is 12.6. The summed E-state index contributed by atoms with van der Waals surface area (Å²) in [4.78, 5) is 14.7. The molecule has 1 unspecified atom stereocenters. The summed E-state index contributed by atoms with van der Waals surface area (Å²) >= 11 is 12.1. The van der Waals surface area contributed by atoms with Crippen molar-refractivity contribution in [2.75, 3.05) is 19.6 Å². The van der Waals surface area contributed by atoms with Gasteiger partial charge in [-0.3, -0.25) is 4.79 Å². The second-order valence-electron chi connectivity index (χ2n) is 5.82. The second kappa shape index (κ2) is 8.17. The second-order valence-corrected chi connectivity index (χ2v) is 6.61. The van der Waals surface area contributed by atoms with Crippen LogP contribution in [0.25, 0.3) is 0 Å². The highest BCUT2D eigenvalue weighted by Gasteiger charge is 2.18. The molecule has 21 heavy (non-hydrogen) atoms. The highest BCUT2D eigenvalue weighted by atomic mass is 35.5. The summed E-state index contributed by atoms with van der Waals surface area (Å²) in [5.74, 6) is 0.937. The van der Waals surface area contributed by atoms with Gasteiger partial charge in [-0.2, -0.15) is 0 Å². The Hall–Kier alpha value is -0.570. The van der Waals surface area contributed by atoms with Crippen molar-refractivity contribution < 1.29 is 4.79 Å². The molecule has 0 aliphatic carbocycles. The Balaban J connectivity index is 1.88. The van der Waals surface area contributed by atoms with E-state index >= 15 is 0 Å². The van der Waals surface area contributed by atoms with E-state index in [-0.39, 0.29) is 5.78 Å². The quantitative estimate of drug-likeness (QED) is 0.703. The lowest BCUT2D eigenvalue weighted by Crippen LogP contribution is -2.27. The number of likely N-dealkylation sites (tertiary alicyclic amines) is 1. The molecule has 1 fully saturated rings. The van der Waals surface area contributed by atoms with E-state index in [0.29, 0.717) is 22.0 Å². The lowest BCUT2D eigenvalue weighted by molar-refractivity contribution is 0.0965. The molecule has 1 atom stereocenters. The van der Waals surface area contributed by atoms with Crippen LogP contribution in [-0.4, -0.2) is 30.3 Å². The van der Waals surface area contributed by atoms with Crippen molar-refractivity contribution in [1.29, 1.82) is 0 Å². The van der Waals surface area contributed by atoms with Crippen LogP contribution in [0.15, 0.2) is 18.2 Å². The van der Waals surface area contributed by atoms with E-state index in [0.717, 1.165) is 25.6 Å². The number of hydrogen-bond donors (Lipinski definition) is 0. The van der Waals surface area contributed by atoms with Crippen LogP contribution in [-0.2, 0) is 0 Å². The molecule has 2 rings (SSSR count). The molecule has 116 valence electrons. The van der Waals surface area contributed by atoms with Gasteiger partial charge in [0.15, 0.2) is 5.78 Å². The molecule has 0 bridgehead atoms. The van der Waals surface area contributed by atoms with Crippen LogP contribution >= 0.6 is 23.2 Å². The first-order valence-electron chi connectivity index (χ1n) is 7.81. The van der Waals surface area contributed by atoms with Crippen molar-refractivity contribution in [1.82, 2.24) is 4.90 Å². The number of nitrogens with zero attached hydrogens (tertiary/aromatic N) is 1. The van der Waals surface area contributed by atoms with Crippen LogP contribution in [0.4, 0.5) is 0 Å². The van der Waals surface area contributed by atoms with Crippen LogP contribution in [0.1, 0.15) is 49.4 Å². The topological polar surface area (TPSA) is 20.3 Å². The van der Waals surface area contributed by atoms with Gasteiger partial charge in [0, 0.05) is 18.5 Å². The van der Waals surface area contributed by atoms with E-state index in [1.54, 1.807) is 18.2 Å². The summed E-state index contributed by atoms with van der Waals surface area (Å²) in [6.07, 6.45) is 5.59. The van der Waals surface area contributed by atoms with Crippen LogP contribution < -0.4 is 0 Å². The maximum atomic E-state index is 12.3. The van der Waals surface area contributed by atoms with Gasteiger partial charge in [-0.15, -0.1) is 0 Å². The van der Waals surface area contributed by atoms with Gasteiger partial charge in [0.05, 0.1) is 10.0 Å². The maximum absolute atomic E-state index is 12.3. The third-order valence-electron chi connectivity index (χ3n) is 4.42. The zero-order chi connectivity index (χ0) is 15.2. The normalized spacial score (nSPS) is 20.2. The summed E-state index contributed by atoms with van der Waals surface area (Å²) in [5, 5.41) is 0.828. The van der Waals surface area contributed by atoms with E-state index in [9.17, 15) is 4.79 Å². The van der Waals surface area contributed by atoms with Crippen LogP contribution in [0.2, 0.25) is 10.0 Å². The summed E-state index contributed by atoms with van der Waals surface area (Å²) in [7, 11) is 0. The molecular formula is C17H23Cl2NO. The van der Waals surface area contributed by atoms with Crippen molar-refractivity contribution in [2.45, 2.75) is 39.0 Å². The maximum Gasteiger partial charge on any atom is 0.165 e. The Morgan fingerprint density at radius 2 is 2.10 bits per heavy atom. The standard InChI is InChI=1S/C17H23Cl2NO/c1-2-13-5-4-10-20(11-8-13)12-9-16(21)14-6-3-7-15(18)17(14)19/h3,6-7,13H,2,4-5,8-12H2,1H3. The minimum Gasteiger partial charge on any atom is -0.303 e. The molecule has 4 heteroatoms. The van der Waals surface area contributed by atoms with Crippen LogP contribution in [0, 0.1) is 5.92 Å². The fourth-order valence-corrected chi connectivity index (χ4v) is 3.38. The van der Waals surface area contributed by atoms with E-state index in [1.807, 2.05) is 0 Å². The predicted molar refractivity (Wildman–Crippen MR) is 89.5 cm³/mol. The van der Waals surface area contributed by atoms with Crippen LogP contribution in [0.3, 0.4) is 0 Å². The summed E-state index contributed by atoms with van der Waals surface area (Å²) in [5.41, 5.74) is 0.547. The molecule has 1 aliphatic heterocycles. The smallest absolute Gasteiger partial charge is 0.165 e. The first-order valence-corrected chi connectivity index (χ1v) is 8.57. The number of hydrogen-bond acceptors (Lipinski definition) is 2. The van der Waals surface area contributed by atoms with E-state index in [1.165, 1.54) is 25.7 Å². The fourth-order valence-electron chi connectivity index (χ4n) is 2.97. The molecule has 0 aromatic heterocycles. The van der Waals surface area contributed by atoms with Crippen molar-refractivity contribution in [3.05, 3.63) is 33.8 Å². The number of benzene rings is 1. The fraction of sp³-hybridized carbons (Fsp3) is 0.588. The van der Waals surface area contributed by atoms with Gasteiger partial charge in [0.1, 0.15) is 0 Å². The molecule has 1 aromatic carbocycles. The number of Topliss-reactive ketones (excluding diaryl/α,β-unsaturated/α-hetero) is 1. The highest BCUT2D eigenvalue weighted by molar-refractivity contribution is 6.43. The average Bonchev–Trinajstić information content (AvgIpc) is 2.72. The first-order chi connectivity index (χ1) is 10.1. The molecule has 0 saturated carbocycles. The van der Waals surface area contributed by atoms with Gasteiger partial charge in [0.2, 0.25) is 0 Å². The van der Waals surface area contributed by atoms with Crippen molar-refractivity contribution in [3.63, 3.8) is 0 Å². The number of carbonyl (C=O) groups is 1. The molecule has 0 amide bonds. The van der Waals surface area contributed by atoms with E-state index in [4.69, 9.17) is 23.2 Å². The molecule has 2 nitrogen and oxygen atoms in total. The van der Waals surface area contributed by atoms with Gasteiger partial charge in [0.25, 0.3) is 0 Å². The lowest BCUT2D eigenvalue weighted by Gasteiger charge is -2.19. The molecule has 1 heterocycles. The Bertz CT molecular complexity index is 490. The molecular weight excluding hydrogens is 305 g/mol. The monoisotopic (exact) mass is 327 g/mol. The molecule has 1 aliphatic rings. The van der Waals surface area contributed by atoms with Crippen molar-refractivity contribution in [3.8, 4) is 0 Å². The van der Waals surface area contributed by atoms with Crippen LogP contribution in [0.5, 0.6) is 0 Å². The minimum atomic E-state index is 0.0822. The molecule has 1 aromatic rings. The Morgan fingerprint density at radius 3 is 2.86 bits per heavy atom. The Morgan fingerprint density at radius 1 is 1.29 bits per heavy atom. The third kappa shape index (κ3) is 4.70. The summed E-state index contributed by atoms with van der Waals surface area (Å²) in [6, 6.07) is 5.24. The largest absolute Gasteiger partial charge is 0.303 e. The molecule has 0 N–H and O–H groups in total. The Labute approximate surface area is 137 Å². The molecule has 1 saturated heterocycles. The number of carbonyl (C=O) groups excluding carboxylic acids is 1. The van der Waals surface area contributed by atoms with E-state index in [2.05, 4.69) is 11.8 Å². The first kappa shape index (κ1) is 16.8. The molecule has 0 radical (unpaired) electrons. The van der Waals surface area contributed by atoms with E-state index < -0.39 is 0 Å². The van der Waals surface area contributed by atoms with Gasteiger partial charge in [-0.25, -0.2) is 0 Å². The number of halogens is 2. The van der Waals surface area contributed by atoms with Crippen molar-refractivity contribution >= 4 is 29.0 Å². The lowest BCUT2D eigenvalue weighted by atomic mass is 9.98. The Kier molecular flexibility index (Phi) is 6.53. The third-order valence-corrected chi connectivity index (χ3v) is 5.24. The van der Waals surface area contributed by atoms with Gasteiger partial charge < -0.3 is 4.90 Å². The minimum absolute atomic E-state index is 0.0822. The summed E-state index contributed by atoms with van der Waals surface area (Å²) in [6.45, 7) is 5.30. The summed E-state index contributed by atoms with van der Waals surface area (Å²) < 4.78 is 0. The van der Waals surface area contributed by atoms with Gasteiger partial charge in [-0.1, -0.05) is 42.6 Å².